The molecule has 1 aliphatic rings. The molecule has 8 heteroatoms. The molecule has 8 nitrogen and oxygen atoms in total. The number of benzene rings is 1. The van der Waals surface area contributed by atoms with E-state index in [1.165, 1.54) is 32.1 Å². The number of carbonyl (C=O) groups is 1. The number of anilines is 3. The van der Waals surface area contributed by atoms with Crippen molar-refractivity contribution in [3.63, 3.8) is 0 Å². The molecule has 0 aliphatic heterocycles. The van der Waals surface area contributed by atoms with Gasteiger partial charge in [-0.05, 0) is 43.9 Å². The van der Waals surface area contributed by atoms with Gasteiger partial charge in [0.2, 0.25) is 0 Å². The number of nitrogens with zero attached hydrogens (tertiary/aromatic N) is 3. The van der Waals surface area contributed by atoms with Gasteiger partial charge in [0.25, 0.3) is 0 Å². The van der Waals surface area contributed by atoms with Gasteiger partial charge in [-0.25, -0.2) is 9.78 Å². The molecule has 1 aromatic carbocycles. The highest BCUT2D eigenvalue weighted by Crippen LogP contribution is 2.33. The Morgan fingerprint density at radius 1 is 1.21 bits per heavy atom. The SMILES string of the molecule is CCOC(=O)Nc1cc(N=Nc2ccccc2)c(NCC2CCCCC2)nc1N. The van der Waals surface area contributed by atoms with Crippen LogP contribution < -0.4 is 16.4 Å². The number of nitrogens with two attached hydrogens (primary N) is 1. The van der Waals surface area contributed by atoms with Crippen LogP contribution in [-0.4, -0.2) is 24.2 Å². The third kappa shape index (κ3) is 6.17. The molecule has 1 amide bonds. The minimum atomic E-state index is -0.588. The van der Waals surface area contributed by atoms with Crippen molar-refractivity contribution in [1.82, 2.24) is 4.98 Å². The third-order valence-electron chi connectivity index (χ3n) is 4.86. The first-order valence-corrected chi connectivity index (χ1v) is 10.1. The first kappa shape index (κ1) is 20.6. The lowest BCUT2D eigenvalue weighted by Gasteiger charge is -2.22. The van der Waals surface area contributed by atoms with Crippen molar-refractivity contribution < 1.29 is 9.53 Å². The second kappa shape index (κ2) is 10.4. The van der Waals surface area contributed by atoms with Gasteiger partial charge in [0.05, 0.1) is 18.0 Å². The van der Waals surface area contributed by atoms with Gasteiger partial charge in [-0.1, -0.05) is 37.5 Å². The highest BCUT2D eigenvalue weighted by Gasteiger charge is 2.16. The van der Waals surface area contributed by atoms with E-state index in [4.69, 9.17) is 10.5 Å². The Kier molecular flexibility index (Phi) is 7.38. The summed E-state index contributed by atoms with van der Waals surface area (Å²) in [7, 11) is 0. The highest BCUT2D eigenvalue weighted by molar-refractivity contribution is 5.90. The van der Waals surface area contributed by atoms with Gasteiger partial charge in [0.15, 0.2) is 5.82 Å². The summed E-state index contributed by atoms with van der Waals surface area (Å²) in [6.45, 7) is 2.81. The number of nitrogens with one attached hydrogen (secondary N) is 2. The Bertz CT molecular complexity index is 835. The Hall–Kier alpha value is -3.16. The topological polar surface area (TPSA) is 114 Å². The molecule has 1 heterocycles. The zero-order valence-electron chi connectivity index (χ0n) is 16.7. The summed E-state index contributed by atoms with van der Waals surface area (Å²) in [4.78, 5) is 16.2. The van der Waals surface area contributed by atoms with Crippen molar-refractivity contribution in [2.75, 3.05) is 29.5 Å². The lowest BCUT2D eigenvalue weighted by Crippen LogP contribution is -2.19. The van der Waals surface area contributed by atoms with E-state index in [1.807, 2.05) is 30.3 Å². The van der Waals surface area contributed by atoms with Crippen molar-refractivity contribution >= 4 is 34.8 Å². The van der Waals surface area contributed by atoms with Crippen molar-refractivity contribution in [1.29, 1.82) is 0 Å². The predicted molar refractivity (Wildman–Crippen MR) is 115 cm³/mol. The van der Waals surface area contributed by atoms with Crippen LogP contribution in [0.3, 0.4) is 0 Å². The lowest BCUT2D eigenvalue weighted by atomic mass is 9.89. The van der Waals surface area contributed by atoms with E-state index in [9.17, 15) is 4.79 Å². The fourth-order valence-electron chi connectivity index (χ4n) is 3.34. The fourth-order valence-corrected chi connectivity index (χ4v) is 3.34. The number of hydrogen-bond donors (Lipinski definition) is 3. The predicted octanol–water partition coefficient (Wildman–Crippen LogP) is 5.64. The van der Waals surface area contributed by atoms with Crippen LogP contribution >= 0.6 is 0 Å². The van der Waals surface area contributed by atoms with Crippen LogP contribution in [-0.2, 0) is 4.74 Å². The largest absolute Gasteiger partial charge is 0.450 e. The van der Waals surface area contributed by atoms with Gasteiger partial charge in [-0.2, -0.15) is 5.11 Å². The van der Waals surface area contributed by atoms with Crippen molar-refractivity contribution in [2.24, 2.45) is 16.1 Å². The Labute approximate surface area is 171 Å². The van der Waals surface area contributed by atoms with Crippen molar-refractivity contribution in [3.05, 3.63) is 36.4 Å². The molecule has 0 saturated heterocycles. The second-order valence-corrected chi connectivity index (χ2v) is 7.05. The maximum absolute atomic E-state index is 11.8. The van der Waals surface area contributed by atoms with Gasteiger partial charge in [-0.3, -0.25) is 5.32 Å². The van der Waals surface area contributed by atoms with E-state index in [2.05, 4.69) is 25.8 Å². The normalized spacial score (nSPS) is 14.7. The average Bonchev–Trinajstić information content (AvgIpc) is 2.74. The molecule has 29 heavy (non-hydrogen) atoms. The monoisotopic (exact) mass is 396 g/mol. The summed E-state index contributed by atoms with van der Waals surface area (Å²) in [5.41, 5.74) is 7.63. The first-order valence-electron chi connectivity index (χ1n) is 10.1. The molecule has 4 N–H and O–H groups in total. The van der Waals surface area contributed by atoms with E-state index in [-0.39, 0.29) is 12.4 Å². The highest BCUT2D eigenvalue weighted by atomic mass is 16.5. The van der Waals surface area contributed by atoms with Gasteiger partial charge in [0.1, 0.15) is 11.5 Å². The molecule has 1 aliphatic carbocycles. The molecule has 1 aromatic heterocycles. The summed E-state index contributed by atoms with van der Waals surface area (Å²) >= 11 is 0. The van der Waals surface area contributed by atoms with Gasteiger partial charge < -0.3 is 15.8 Å². The summed E-state index contributed by atoms with van der Waals surface area (Å²) in [5, 5.41) is 14.6. The molecule has 0 atom stereocenters. The maximum Gasteiger partial charge on any atom is 0.411 e. The number of rotatable bonds is 7. The molecule has 0 radical (unpaired) electrons. The molecule has 0 bridgehead atoms. The van der Waals surface area contributed by atoms with E-state index in [0.717, 1.165) is 12.2 Å². The summed E-state index contributed by atoms with van der Waals surface area (Å²) in [6, 6.07) is 11.1. The number of aromatic nitrogens is 1. The van der Waals surface area contributed by atoms with E-state index >= 15 is 0 Å². The summed E-state index contributed by atoms with van der Waals surface area (Å²) in [6.07, 6.45) is 5.69. The number of ether oxygens (including phenoxy) is 1. The summed E-state index contributed by atoms with van der Waals surface area (Å²) < 4.78 is 4.92. The van der Waals surface area contributed by atoms with E-state index in [1.54, 1.807) is 13.0 Å². The van der Waals surface area contributed by atoms with Crippen LogP contribution in [0.4, 0.5) is 33.5 Å². The van der Waals surface area contributed by atoms with E-state index in [0.29, 0.717) is 23.1 Å². The van der Waals surface area contributed by atoms with Crippen LogP contribution in [0.2, 0.25) is 0 Å². The van der Waals surface area contributed by atoms with Crippen LogP contribution in [0, 0.1) is 5.92 Å². The molecule has 2 aromatic rings. The van der Waals surface area contributed by atoms with E-state index < -0.39 is 6.09 Å². The smallest absolute Gasteiger partial charge is 0.411 e. The zero-order chi connectivity index (χ0) is 20.5. The van der Waals surface area contributed by atoms with Gasteiger partial charge >= 0.3 is 6.09 Å². The number of carbonyl (C=O) groups excluding carboxylic acids is 1. The number of amides is 1. The molecule has 1 fully saturated rings. The average molecular weight is 396 g/mol. The molecule has 3 rings (SSSR count). The van der Waals surface area contributed by atoms with Crippen LogP contribution in [0.5, 0.6) is 0 Å². The second-order valence-electron chi connectivity index (χ2n) is 7.05. The van der Waals surface area contributed by atoms with Crippen LogP contribution in [0.1, 0.15) is 39.0 Å². The van der Waals surface area contributed by atoms with Crippen molar-refractivity contribution in [2.45, 2.75) is 39.0 Å². The third-order valence-corrected chi connectivity index (χ3v) is 4.86. The molecular formula is C21H28N6O2. The standard InChI is InChI=1S/C21H28N6O2/c1-2-29-21(28)24-17-13-18(27-26-16-11-7-4-8-12-16)20(25-19(17)22)23-14-15-9-5-3-6-10-15/h4,7-8,11-13,15H,2-3,5-6,9-10,14H2,1H3,(H,24,28)(H3,22,23,25). The van der Waals surface area contributed by atoms with Crippen molar-refractivity contribution in [3.8, 4) is 0 Å². The molecule has 154 valence electrons. The minimum Gasteiger partial charge on any atom is -0.450 e. The number of pyridine rings is 1. The number of hydrogen-bond acceptors (Lipinski definition) is 7. The summed E-state index contributed by atoms with van der Waals surface area (Å²) in [5.74, 6) is 1.37. The number of nitrogen functional groups attached to an aromatic ring is 1. The van der Waals surface area contributed by atoms with Crippen LogP contribution in [0.25, 0.3) is 0 Å². The fraction of sp³-hybridized carbons (Fsp3) is 0.429. The molecule has 0 unspecified atom stereocenters. The molecular weight excluding hydrogens is 368 g/mol. The van der Waals surface area contributed by atoms with Gasteiger partial charge in [0, 0.05) is 6.54 Å². The zero-order valence-corrected chi connectivity index (χ0v) is 16.7. The Morgan fingerprint density at radius 2 is 1.97 bits per heavy atom. The quantitative estimate of drug-likeness (QED) is 0.524. The maximum atomic E-state index is 11.8. The number of azo groups is 1. The molecule has 0 spiro atoms. The first-order chi connectivity index (χ1) is 14.2. The van der Waals surface area contributed by atoms with Gasteiger partial charge in [-0.15, -0.1) is 5.11 Å². The Morgan fingerprint density at radius 3 is 2.69 bits per heavy atom. The Balaban J connectivity index is 1.82. The minimum absolute atomic E-state index is 0.197. The van der Waals surface area contributed by atoms with Crippen LogP contribution in [0.15, 0.2) is 46.6 Å². The molecule has 1 saturated carbocycles. The lowest BCUT2D eigenvalue weighted by molar-refractivity contribution is 0.168.